The van der Waals surface area contributed by atoms with E-state index in [4.69, 9.17) is 0 Å². The van der Waals surface area contributed by atoms with Gasteiger partial charge < -0.3 is 5.32 Å². The fraction of sp³-hybridized carbons (Fsp3) is 0.600. The summed E-state index contributed by atoms with van der Waals surface area (Å²) in [5, 5.41) is 3.23. The minimum atomic E-state index is -3.42. The lowest BCUT2D eigenvalue weighted by atomic mass is 10.2. The quantitative estimate of drug-likeness (QED) is 0.831. The van der Waals surface area contributed by atoms with Gasteiger partial charge in [0.25, 0.3) is 0 Å². The van der Waals surface area contributed by atoms with Crippen LogP contribution in [0.25, 0.3) is 0 Å². The first-order valence-electron chi connectivity index (χ1n) is 7.51. The zero-order valence-corrected chi connectivity index (χ0v) is 15.0. The Bertz CT molecular complexity index is 589. The molecule has 0 amide bonds. The van der Waals surface area contributed by atoms with Crippen molar-refractivity contribution in [2.75, 3.05) is 13.1 Å². The van der Waals surface area contributed by atoms with Crippen LogP contribution in [0.4, 0.5) is 0 Å². The van der Waals surface area contributed by atoms with E-state index >= 15 is 0 Å². The standard InChI is InChI=1S/C15H23BrN2O2S/c1-3-13-6-5-9-18(13)21(19,20)15-10-12(11-17-4-2)7-8-14(15)16/h7-8,10,13,17H,3-6,9,11H2,1-2H3. The van der Waals surface area contributed by atoms with E-state index in [1.54, 1.807) is 10.4 Å². The van der Waals surface area contributed by atoms with E-state index in [1.807, 2.05) is 19.1 Å². The summed E-state index contributed by atoms with van der Waals surface area (Å²) < 4.78 is 28.2. The fourth-order valence-electron chi connectivity index (χ4n) is 2.78. The Morgan fingerprint density at radius 2 is 2.14 bits per heavy atom. The van der Waals surface area contributed by atoms with Gasteiger partial charge in [0.15, 0.2) is 0 Å². The smallest absolute Gasteiger partial charge is 0.244 e. The van der Waals surface area contributed by atoms with Gasteiger partial charge in [0, 0.05) is 23.6 Å². The molecule has 21 heavy (non-hydrogen) atoms. The second kappa shape index (κ2) is 7.22. The van der Waals surface area contributed by atoms with E-state index in [-0.39, 0.29) is 6.04 Å². The predicted molar refractivity (Wildman–Crippen MR) is 88.7 cm³/mol. The molecule has 1 aliphatic rings. The molecule has 1 aromatic rings. The monoisotopic (exact) mass is 374 g/mol. The molecule has 0 saturated carbocycles. The summed E-state index contributed by atoms with van der Waals surface area (Å²) in [7, 11) is -3.42. The van der Waals surface area contributed by atoms with E-state index in [1.165, 1.54) is 0 Å². The second-order valence-electron chi connectivity index (χ2n) is 5.37. The zero-order valence-electron chi connectivity index (χ0n) is 12.6. The van der Waals surface area contributed by atoms with Crippen LogP contribution in [0.15, 0.2) is 27.6 Å². The van der Waals surface area contributed by atoms with E-state index in [0.29, 0.717) is 22.5 Å². The van der Waals surface area contributed by atoms with Gasteiger partial charge in [-0.25, -0.2) is 8.42 Å². The van der Waals surface area contributed by atoms with Gasteiger partial charge in [0.05, 0.1) is 4.90 Å². The third kappa shape index (κ3) is 3.67. The highest BCUT2D eigenvalue weighted by Crippen LogP contribution is 2.32. The fourth-order valence-corrected chi connectivity index (χ4v) is 5.53. The average Bonchev–Trinajstić information content (AvgIpc) is 2.95. The SMILES string of the molecule is CCNCc1ccc(Br)c(S(=O)(=O)N2CCCC2CC)c1. The lowest BCUT2D eigenvalue weighted by Gasteiger charge is -2.24. The van der Waals surface area contributed by atoms with Gasteiger partial charge in [0.1, 0.15) is 0 Å². The first-order chi connectivity index (χ1) is 10.0. The number of sulfonamides is 1. The molecular formula is C15H23BrN2O2S. The molecule has 0 bridgehead atoms. The van der Waals surface area contributed by atoms with Gasteiger partial charge in [0.2, 0.25) is 10.0 Å². The molecular weight excluding hydrogens is 352 g/mol. The lowest BCUT2D eigenvalue weighted by molar-refractivity contribution is 0.379. The molecule has 1 aliphatic heterocycles. The Hall–Kier alpha value is -0.430. The van der Waals surface area contributed by atoms with Crippen molar-refractivity contribution in [2.24, 2.45) is 0 Å². The molecule has 1 fully saturated rings. The molecule has 1 N–H and O–H groups in total. The molecule has 0 spiro atoms. The van der Waals surface area contributed by atoms with Crippen molar-refractivity contribution in [3.05, 3.63) is 28.2 Å². The third-order valence-corrected chi connectivity index (χ3v) is 6.90. The third-order valence-electron chi connectivity index (χ3n) is 3.96. The van der Waals surface area contributed by atoms with Crippen molar-refractivity contribution in [2.45, 2.75) is 50.6 Å². The minimum absolute atomic E-state index is 0.138. The molecule has 0 aliphatic carbocycles. The van der Waals surface area contributed by atoms with Crippen molar-refractivity contribution in [1.82, 2.24) is 9.62 Å². The van der Waals surface area contributed by atoms with Crippen LogP contribution in [0.5, 0.6) is 0 Å². The first-order valence-corrected chi connectivity index (χ1v) is 9.75. The zero-order chi connectivity index (χ0) is 15.5. The van der Waals surface area contributed by atoms with Crippen molar-refractivity contribution in [1.29, 1.82) is 0 Å². The Morgan fingerprint density at radius 1 is 1.38 bits per heavy atom. The van der Waals surface area contributed by atoms with Crippen LogP contribution >= 0.6 is 15.9 Å². The van der Waals surface area contributed by atoms with Gasteiger partial charge in [-0.05, 0) is 59.4 Å². The van der Waals surface area contributed by atoms with Crippen molar-refractivity contribution >= 4 is 26.0 Å². The molecule has 0 radical (unpaired) electrons. The summed E-state index contributed by atoms with van der Waals surface area (Å²) in [5.41, 5.74) is 0.992. The molecule has 118 valence electrons. The number of nitrogens with zero attached hydrogens (tertiary/aromatic N) is 1. The topological polar surface area (TPSA) is 49.4 Å². The van der Waals surface area contributed by atoms with Crippen LogP contribution in [-0.4, -0.2) is 31.9 Å². The molecule has 0 aromatic heterocycles. The van der Waals surface area contributed by atoms with Crippen LogP contribution < -0.4 is 5.32 Å². The van der Waals surface area contributed by atoms with Crippen molar-refractivity contribution < 1.29 is 8.42 Å². The Morgan fingerprint density at radius 3 is 2.81 bits per heavy atom. The summed E-state index contributed by atoms with van der Waals surface area (Å²) in [6.45, 7) is 6.26. The van der Waals surface area contributed by atoms with Gasteiger partial charge >= 0.3 is 0 Å². The van der Waals surface area contributed by atoms with Crippen LogP contribution in [0.3, 0.4) is 0 Å². The van der Waals surface area contributed by atoms with Crippen LogP contribution in [0.1, 0.15) is 38.7 Å². The molecule has 6 heteroatoms. The van der Waals surface area contributed by atoms with E-state index < -0.39 is 10.0 Å². The van der Waals surface area contributed by atoms with E-state index in [2.05, 4.69) is 28.2 Å². The molecule has 1 aromatic carbocycles. The van der Waals surface area contributed by atoms with Gasteiger partial charge in [-0.1, -0.05) is 19.9 Å². The Kier molecular flexibility index (Phi) is 5.82. The second-order valence-corrected chi connectivity index (χ2v) is 8.08. The summed E-state index contributed by atoms with van der Waals surface area (Å²) in [4.78, 5) is 0.387. The van der Waals surface area contributed by atoms with Gasteiger partial charge in [-0.15, -0.1) is 0 Å². The Labute approximate surface area is 136 Å². The van der Waals surface area contributed by atoms with Crippen LogP contribution in [-0.2, 0) is 16.6 Å². The number of rotatable bonds is 6. The highest BCUT2D eigenvalue weighted by molar-refractivity contribution is 9.10. The molecule has 1 atom stereocenters. The first kappa shape index (κ1) is 16.9. The van der Waals surface area contributed by atoms with Crippen molar-refractivity contribution in [3.63, 3.8) is 0 Å². The molecule has 2 rings (SSSR count). The molecule has 4 nitrogen and oxygen atoms in total. The van der Waals surface area contributed by atoms with Gasteiger partial charge in [-0.2, -0.15) is 4.31 Å². The lowest BCUT2D eigenvalue weighted by Crippen LogP contribution is -2.35. The predicted octanol–water partition coefficient (Wildman–Crippen LogP) is 3.12. The maximum Gasteiger partial charge on any atom is 0.244 e. The van der Waals surface area contributed by atoms with E-state index in [0.717, 1.165) is 31.4 Å². The number of nitrogens with one attached hydrogen (secondary N) is 1. The number of hydrogen-bond acceptors (Lipinski definition) is 3. The van der Waals surface area contributed by atoms with Gasteiger partial charge in [-0.3, -0.25) is 0 Å². The van der Waals surface area contributed by atoms with Crippen LogP contribution in [0.2, 0.25) is 0 Å². The van der Waals surface area contributed by atoms with E-state index in [9.17, 15) is 8.42 Å². The number of hydrogen-bond donors (Lipinski definition) is 1. The summed E-state index contributed by atoms with van der Waals surface area (Å²) in [6.07, 6.45) is 2.78. The number of benzene rings is 1. The number of halogens is 1. The highest BCUT2D eigenvalue weighted by Gasteiger charge is 2.35. The van der Waals surface area contributed by atoms with Crippen LogP contribution in [0, 0.1) is 0 Å². The maximum atomic E-state index is 12.9. The summed E-state index contributed by atoms with van der Waals surface area (Å²) in [5.74, 6) is 0. The Balaban J connectivity index is 2.34. The minimum Gasteiger partial charge on any atom is -0.313 e. The normalized spacial score (nSPS) is 20.0. The molecule has 1 saturated heterocycles. The maximum absolute atomic E-state index is 12.9. The summed E-state index contributed by atoms with van der Waals surface area (Å²) in [6, 6.07) is 5.70. The highest BCUT2D eigenvalue weighted by atomic mass is 79.9. The largest absolute Gasteiger partial charge is 0.313 e. The summed E-state index contributed by atoms with van der Waals surface area (Å²) >= 11 is 3.40. The molecule has 1 heterocycles. The average molecular weight is 375 g/mol. The van der Waals surface area contributed by atoms with Crippen molar-refractivity contribution in [3.8, 4) is 0 Å². The molecule has 1 unspecified atom stereocenters.